The average molecular weight is 692 g/mol. The number of carbonyl (C=O) groups is 3. The fraction of sp³-hybridized carbons (Fsp3) is 0.485. The van der Waals surface area contributed by atoms with Crippen molar-refractivity contribution in [3.63, 3.8) is 0 Å². The number of thiophene rings is 1. The number of carbonyl (C=O) groups excluding carboxylic acids is 3. The number of ether oxygens (including phenoxy) is 1. The number of alkyl halides is 2. The number of fused-ring (bicyclic) bond motifs is 1. The molecule has 2 unspecified atom stereocenters. The summed E-state index contributed by atoms with van der Waals surface area (Å²) in [4.78, 5) is 63.9. The molecule has 0 saturated carbocycles. The SMILES string of the molecule is CC(C)(C)C(NC(=O)c1cc2cc(C(F)(F)P(=O)(O)O)ccc2s1)C(=O)N1CCCC1C(=O)N(Cc1ccccc1)C1CCOCC1. The van der Waals surface area contributed by atoms with Crippen LogP contribution in [-0.4, -0.2) is 75.2 Å². The number of likely N-dealkylation sites (tertiary alicyclic amines) is 1. The number of nitrogens with zero attached hydrogens (tertiary/aromatic N) is 2. The Bertz CT molecular complexity index is 1670. The van der Waals surface area contributed by atoms with Crippen molar-refractivity contribution in [2.24, 2.45) is 5.41 Å². The van der Waals surface area contributed by atoms with Crippen molar-refractivity contribution in [3.05, 3.63) is 70.6 Å². The van der Waals surface area contributed by atoms with Gasteiger partial charge in [0.05, 0.1) is 4.88 Å². The molecule has 47 heavy (non-hydrogen) atoms. The summed E-state index contributed by atoms with van der Waals surface area (Å²) in [7, 11) is -5.77. The van der Waals surface area contributed by atoms with Crippen LogP contribution in [-0.2, 0) is 31.1 Å². The van der Waals surface area contributed by atoms with Crippen molar-refractivity contribution in [2.75, 3.05) is 19.8 Å². The van der Waals surface area contributed by atoms with Gasteiger partial charge in [0, 0.05) is 42.6 Å². The number of halogens is 2. The first-order chi connectivity index (χ1) is 22.1. The van der Waals surface area contributed by atoms with E-state index in [1.807, 2.05) is 56.0 Å². The Hall–Kier alpha value is -3.22. The highest BCUT2D eigenvalue weighted by molar-refractivity contribution is 7.52. The van der Waals surface area contributed by atoms with Crippen molar-refractivity contribution in [2.45, 2.75) is 76.8 Å². The molecule has 5 rings (SSSR count). The van der Waals surface area contributed by atoms with Crippen LogP contribution in [0.4, 0.5) is 8.78 Å². The summed E-state index contributed by atoms with van der Waals surface area (Å²) in [6.45, 7) is 7.33. The van der Waals surface area contributed by atoms with Gasteiger partial charge in [0.2, 0.25) is 11.8 Å². The lowest BCUT2D eigenvalue weighted by Crippen LogP contribution is -2.58. The van der Waals surface area contributed by atoms with E-state index in [0.717, 1.165) is 29.0 Å². The van der Waals surface area contributed by atoms with Crippen molar-refractivity contribution in [1.82, 2.24) is 15.1 Å². The van der Waals surface area contributed by atoms with E-state index in [0.29, 0.717) is 56.7 Å². The third-order valence-corrected chi connectivity index (χ3v) is 10.9. The van der Waals surface area contributed by atoms with Gasteiger partial charge in [-0.05, 0) is 60.2 Å². The highest BCUT2D eigenvalue weighted by Crippen LogP contribution is 2.59. The summed E-state index contributed by atoms with van der Waals surface area (Å²) >= 11 is 1.01. The topological polar surface area (TPSA) is 136 Å². The Labute approximate surface area is 276 Å². The molecular formula is C33H40F2N3O7PS. The van der Waals surface area contributed by atoms with Gasteiger partial charge in [-0.3, -0.25) is 18.9 Å². The first-order valence-electron chi connectivity index (χ1n) is 15.6. The first-order valence-corrected chi connectivity index (χ1v) is 18.0. The van der Waals surface area contributed by atoms with Crippen LogP contribution in [0.3, 0.4) is 0 Å². The molecule has 2 atom stereocenters. The largest absolute Gasteiger partial charge is 0.399 e. The number of benzene rings is 2. The predicted molar refractivity (Wildman–Crippen MR) is 174 cm³/mol. The van der Waals surface area contributed by atoms with Gasteiger partial charge in [-0.1, -0.05) is 57.2 Å². The summed E-state index contributed by atoms with van der Waals surface area (Å²) in [5, 5.41) is 3.05. The minimum absolute atomic E-state index is 0.0257. The number of rotatable bonds is 9. The van der Waals surface area contributed by atoms with Gasteiger partial charge in [0.25, 0.3) is 5.91 Å². The molecule has 2 aromatic carbocycles. The fourth-order valence-corrected chi connectivity index (χ4v) is 7.59. The Morgan fingerprint density at radius 1 is 1.06 bits per heavy atom. The molecular weight excluding hydrogens is 651 g/mol. The maximum atomic E-state index is 14.3. The zero-order valence-electron chi connectivity index (χ0n) is 26.5. The van der Waals surface area contributed by atoms with Crippen LogP contribution >= 0.6 is 18.9 Å². The predicted octanol–water partition coefficient (Wildman–Crippen LogP) is 5.47. The molecule has 1 aromatic heterocycles. The molecule has 2 aliphatic rings. The number of amides is 3. The molecule has 3 N–H and O–H groups in total. The highest BCUT2D eigenvalue weighted by atomic mass is 32.1. The Morgan fingerprint density at radius 2 is 1.74 bits per heavy atom. The lowest BCUT2D eigenvalue weighted by atomic mass is 9.85. The molecule has 3 aromatic rings. The van der Waals surface area contributed by atoms with Gasteiger partial charge in [-0.2, -0.15) is 8.78 Å². The van der Waals surface area contributed by atoms with Gasteiger partial charge in [0.1, 0.15) is 12.1 Å². The maximum Gasteiger partial charge on any atom is 0.399 e. The summed E-state index contributed by atoms with van der Waals surface area (Å²) in [5.74, 6) is -1.10. The van der Waals surface area contributed by atoms with E-state index in [4.69, 9.17) is 14.5 Å². The van der Waals surface area contributed by atoms with E-state index in [1.54, 1.807) is 4.90 Å². The van der Waals surface area contributed by atoms with E-state index in [2.05, 4.69) is 5.32 Å². The van der Waals surface area contributed by atoms with E-state index in [9.17, 15) is 27.7 Å². The van der Waals surface area contributed by atoms with Crippen molar-refractivity contribution in [3.8, 4) is 0 Å². The van der Waals surface area contributed by atoms with Gasteiger partial charge >= 0.3 is 13.3 Å². The molecule has 2 saturated heterocycles. The van der Waals surface area contributed by atoms with Crippen LogP contribution in [0.15, 0.2) is 54.6 Å². The molecule has 0 spiro atoms. The van der Waals surface area contributed by atoms with Crippen LogP contribution in [0.1, 0.15) is 67.3 Å². The number of hydrogen-bond acceptors (Lipinski definition) is 6. The van der Waals surface area contributed by atoms with Crippen molar-refractivity contribution < 1.29 is 42.3 Å². The molecule has 10 nitrogen and oxygen atoms in total. The average Bonchev–Trinajstić information content (AvgIpc) is 3.69. The lowest BCUT2D eigenvalue weighted by Gasteiger charge is -2.39. The van der Waals surface area contributed by atoms with Crippen LogP contribution in [0.5, 0.6) is 0 Å². The van der Waals surface area contributed by atoms with Crippen LogP contribution in [0.2, 0.25) is 0 Å². The zero-order chi connectivity index (χ0) is 34.1. The van der Waals surface area contributed by atoms with Crippen molar-refractivity contribution >= 4 is 46.7 Å². The minimum Gasteiger partial charge on any atom is -0.381 e. The molecule has 0 aliphatic carbocycles. The van der Waals surface area contributed by atoms with Crippen molar-refractivity contribution in [1.29, 1.82) is 0 Å². The molecule has 0 bridgehead atoms. The molecule has 3 amide bonds. The molecule has 3 heterocycles. The quantitative estimate of drug-likeness (QED) is 0.253. The normalized spacial score (nSPS) is 18.7. The highest BCUT2D eigenvalue weighted by Gasteiger charge is 2.50. The minimum atomic E-state index is -5.77. The van der Waals surface area contributed by atoms with E-state index in [-0.39, 0.29) is 28.1 Å². The van der Waals surface area contributed by atoms with Gasteiger partial charge < -0.3 is 29.6 Å². The molecule has 14 heteroatoms. The Kier molecular flexibility index (Phi) is 10.2. The second kappa shape index (κ2) is 13.7. The number of nitrogens with one attached hydrogen (secondary N) is 1. The zero-order valence-corrected chi connectivity index (χ0v) is 28.2. The lowest BCUT2D eigenvalue weighted by molar-refractivity contribution is -0.149. The van der Waals surface area contributed by atoms with Gasteiger partial charge in [-0.15, -0.1) is 11.3 Å². The molecule has 2 fully saturated rings. The van der Waals surface area contributed by atoms with Gasteiger partial charge in [-0.25, -0.2) is 0 Å². The van der Waals surface area contributed by atoms with Gasteiger partial charge in [0.15, 0.2) is 0 Å². The fourth-order valence-electron chi connectivity index (χ4n) is 6.17. The smallest absolute Gasteiger partial charge is 0.381 e. The third-order valence-electron chi connectivity index (χ3n) is 8.77. The maximum absolute atomic E-state index is 14.3. The standard InChI is InChI=1S/C33H40F2N3O7PS/c1-32(2,3)28(36-29(39)27-19-22-18-23(11-12-26(22)47-27)33(34,35)46(42,43)44)31(41)37-15-7-10-25(37)30(40)38(24-13-16-45-17-14-24)20-21-8-5-4-6-9-21/h4-6,8-9,11-12,18-19,24-25,28H,7,10,13-17,20H2,1-3H3,(H,36,39)(H2,42,43,44). The summed E-state index contributed by atoms with van der Waals surface area (Å²) in [5.41, 5.74) is -5.01. The third kappa shape index (κ3) is 7.60. The number of hydrogen-bond donors (Lipinski definition) is 3. The molecule has 2 aliphatic heterocycles. The van der Waals surface area contributed by atoms with Crippen LogP contribution in [0.25, 0.3) is 10.1 Å². The van der Waals surface area contributed by atoms with Crippen LogP contribution in [0, 0.1) is 5.41 Å². The summed E-state index contributed by atoms with van der Waals surface area (Å²) < 4.78 is 46.1. The summed E-state index contributed by atoms with van der Waals surface area (Å²) in [6.07, 6.45) is 2.54. The van der Waals surface area contributed by atoms with Crippen LogP contribution < -0.4 is 5.32 Å². The van der Waals surface area contributed by atoms with E-state index in [1.165, 1.54) is 12.1 Å². The Balaban J connectivity index is 1.37. The molecule has 0 radical (unpaired) electrons. The second-order valence-corrected chi connectivity index (χ2v) is 15.9. The first kappa shape index (κ1) is 35.1. The monoisotopic (exact) mass is 691 g/mol. The Morgan fingerprint density at radius 3 is 2.38 bits per heavy atom. The van der Waals surface area contributed by atoms with E-state index >= 15 is 0 Å². The summed E-state index contributed by atoms with van der Waals surface area (Å²) in [6, 6.07) is 12.5. The molecule has 254 valence electrons. The second-order valence-electron chi connectivity index (χ2n) is 13.2. The van der Waals surface area contributed by atoms with E-state index < -0.39 is 42.2 Å².